The van der Waals surface area contributed by atoms with Crippen molar-refractivity contribution in [1.29, 1.82) is 0 Å². The number of nitrogens with two attached hydrogens (primary N) is 1. The van der Waals surface area contributed by atoms with Crippen LogP contribution in [0.5, 0.6) is 17.2 Å². The Balaban J connectivity index is 2.34. The third-order valence-electron chi connectivity index (χ3n) is 3.93. The summed E-state index contributed by atoms with van der Waals surface area (Å²) < 4.78 is 21.5. The van der Waals surface area contributed by atoms with Crippen molar-refractivity contribution < 1.29 is 28.5 Å². The molecule has 1 heterocycles. The Bertz CT molecular complexity index is 623. The maximum absolute atomic E-state index is 12.9. The standard InChI is InChI=1S/C17H24N2O6/c1-10-8-24-11(2)7-19(10)17(21)12-5-13(22-3)16(14(6-12)23-4)25-9-15(18)20/h5-6,10-11H,7-9H2,1-4H3,(H2,18,20). The van der Waals surface area contributed by atoms with Gasteiger partial charge in [0.1, 0.15) is 0 Å². The lowest BCUT2D eigenvalue weighted by Crippen LogP contribution is -2.50. The van der Waals surface area contributed by atoms with E-state index in [4.69, 9.17) is 24.7 Å². The van der Waals surface area contributed by atoms with Gasteiger partial charge in [0.2, 0.25) is 5.75 Å². The van der Waals surface area contributed by atoms with E-state index in [1.165, 1.54) is 14.2 Å². The molecule has 1 saturated heterocycles. The zero-order chi connectivity index (χ0) is 18.6. The minimum absolute atomic E-state index is 0.0258. The van der Waals surface area contributed by atoms with Crippen molar-refractivity contribution in [3.05, 3.63) is 17.7 Å². The molecule has 1 fully saturated rings. The van der Waals surface area contributed by atoms with Crippen molar-refractivity contribution in [2.75, 3.05) is 34.0 Å². The molecule has 0 radical (unpaired) electrons. The van der Waals surface area contributed by atoms with Gasteiger partial charge in [-0.2, -0.15) is 0 Å². The van der Waals surface area contributed by atoms with Crippen LogP contribution >= 0.6 is 0 Å². The van der Waals surface area contributed by atoms with Gasteiger partial charge in [-0.05, 0) is 26.0 Å². The maximum Gasteiger partial charge on any atom is 0.255 e. The van der Waals surface area contributed by atoms with E-state index < -0.39 is 5.91 Å². The number of carbonyl (C=O) groups excluding carboxylic acids is 2. The van der Waals surface area contributed by atoms with Gasteiger partial charge in [-0.15, -0.1) is 0 Å². The summed E-state index contributed by atoms with van der Waals surface area (Å²) in [6.45, 7) is 4.53. The molecule has 0 saturated carbocycles. The summed E-state index contributed by atoms with van der Waals surface area (Å²) in [6.07, 6.45) is -0.0258. The van der Waals surface area contributed by atoms with Crippen LogP contribution < -0.4 is 19.9 Å². The smallest absolute Gasteiger partial charge is 0.255 e. The van der Waals surface area contributed by atoms with E-state index in [-0.39, 0.29) is 41.9 Å². The van der Waals surface area contributed by atoms with Gasteiger partial charge in [0.15, 0.2) is 18.1 Å². The molecule has 2 atom stereocenters. The predicted octanol–water partition coefficient (Wildman–Crippen LogP) is 0.817. The molecule has 2 amide bonds. The number of ether oxygens (including phenoxy) is 4. The molecule has 0 aromatic heterocycles. The minimum Gasteiger partial charge on any atom is -0.493 e. The van der Waals surface area contributed by atoms with Gasteiger partial charge in [0.25, 0.3) is 11.8 Å². The Hall–Kier alpha value is -2.48. The molecule has 2 N–H and O–H groups in total. The Morgan fingerprint density at radius 1 is 1.24 bits per heavy atom. The molecule has 2 unspecified atom stereocenters. The Morgan fingerprint density at radius 3 is 2.36 bits per heavy atom. The van der Waals surface area contributed by atoms with Gasteiger partial charge < -0.3 is 29.6 Å². The summed E-state index contributed by atoms with van der Waals surface area (Å²) >= 11 is 0. The van der Waals surface area contributed by atoms with Crippen LogP contribution in [-0.2, 0) is 9.53 Å². The van der Waals surface area contributed by atoms with Crippen LogP contribution in [0.4, 0.5) is 0 Å². The Kier molecular flexibility index (Phi) is 6.08. The van der Waals surface area contributed by atoms with Gasteiger partial charge in [-0.1, -0.05) is 0 Å². The van der Waals surface area contributed by atoms with E-state index in [0.29, 0.717) is 18.7 Å². The number of benzene rings is 1. The van der Waals surface area contributed by atoms with Crippen LogP contribution in [0.1, 0.15) is 24.2 Å². The van der Waals surface area contributed by atoms with Crippen LogP contribution in [0.2, 0.25) is 0 Å². The van der Waals surface area contributed by atoms with Crippen LogP contribution in [0.3, 0.4) is 0 Å². The van der Waals surface area contributed by atoms with Crippen molar-refractivity contribution in [3.63, 3.8) is 0 Å². The third-order valence-corrected chi connectivity index (χ3v) is 3.93. The van der Waals surface area contributed by atoms with Crippen LogP contribution in [0.15, 0.2) is 12.1 Å². The number of amides is 2. The molecule has 8 heteroatoms. The average Bonchev–Trinajstić information content (AvgIpc) is 2.60. The van der Waals surface area contributed by atoms with Gasteiger partial charge in [0, 0.05) is 12.1 Å². The molecule has 2 rings (SSSR count). The number of hydrogen-bond acceptors (Lipinski definition) is 6. The van der Waals surface area contributed by atoms with Gasteiger partial charge in [-0.25, -0.2) is 0 Å². The van der Waals surface area contributed by atoms with Crippen molar-refractivity contribution in [3.8, 4) is 17.2 Å². The Labute approximate surface area is 146 Å². The van der Waals surface area contributed by atoms with E-state index >= 15 is 0 Å². The summed E-state index contributed by atoms with van der Waals surface area (Å²) in [5.41, 5.74) is 5.51. The number of morpholine rings is 1. The molecule has 138 valence electrons. The molecule has 0 bridgehead atoms. The molecule has 1 aromatic rings. The van der Waals surface area contributed by atoms with E-state index in [1.807, 2.05) is 13.8 Å². The highest BCUT2D eigenvalue weighted by Crippen LogP contribution is 2.39. The monoisotopic (exact) mass is 352 g/mol. The number of carbonyl (C=O) groups is 2. The first-order valence-electron chi connectivity index (χ1n) is 7.97. The zero-order valence-corrected chi connectivity index (χ0v) is 14.9. The zero-order valence-electron chi connectivity index (χ0n) is 14.9. The number of hydrogen-bond donors (Lipinski definition) is 1. The molecule has 1 aromatic carbocycles. The number of rotatable bonds is 6. The molecule has 1 aliphatic rings. The predicted molar refractivity (Wildman–Crippen MR) is 90.1 cm³/mol. The maximum atomic E-state index is 12.9. The summed E-state index contributed by atoms with van der Waals surface area (Å²) in [5.74, 6) is 0.0284. The highest BCUT2D eigenvalue weighted by molar-refractivity contribution is 5.96. The van der Waals surface area contributed by atoms with Gasteiger partial charge in [0.05, 0.1) is 33.0 Å². The van der Waals surface area contributed by atoms with Crippen molar-refractivity contribution in [2.45, 2.75) is 26.0 Å². The summed E-state index contributed by atoms with van der Waals surface area (Å²) in [5, 5.41) is 0. The highest BCUT2D eigenvalue weighted by atomic mass is 16.5. The molecule has 0 aliphatic carbocycles. The largest absolute Gasteiger partial charge is 0.493 e. The molecule has 0 spiro atoms. The molecule has 25 heavy (non-hydrogen) atoms. The lowest BCUT2D eigenvalue weighted by atomic mass is 10.1. The van der Waals surface area contributed by atoms with Gasteiger partial charge >= 0.3 is 0 Å². The summed E-state index contributed by atoms with van der Waals surface area (Å²) in [6, 6.07) is 3.09. The first kappa shape index (κ1) is 18.9. The number of methoxy groups -OCH3 is 2. The van der Waals surface area contributed by atoms with Crippen molar-refractivity contribution >= 4 is 11.8 Å². The summed E-state index contributed by atoms with van der Waals surface area (Å²) in [4.78, 5) is 25.6. The SMILES string of the molecule is COc1cc(C(=O)N2CC(C)OCC2C)cc(OC)c1OCC(N)=O. The normalized spacial score (nSPS) is 20.1. The van der Waals surface area contributed by atoms with Crippen LogP contribution in [0, 0.1) is 0 Å². The quantitative estimate of drug-likeness (QED) is 0.813. The molecular formula is C17H24N2O6. The second-order valence-electron chi connectivity index (χ2n) is 5.92. The number of nitrogens with zero attached hydrogens (tertiary/aromatic N) is 1. The van der Waals surface area contributed by atoms with E-state index in [0.717, 1.165) is 0 Å². The fourth-order valence-corrected chi connectivity index (χ4v) is 2.64. The van der Waals surface area contributed by atoms with Gasteiger partial charge in [-0.3, -0.25) is 9.59 Å². The first-order chi connectivity index (χ1) is 11.9. The third kappa shape index (κ3) is 4.33. The first-order valence-corrected chi connectivity index (χ1v) is 7.97. The number of primary amides is 1. The van der Waals surface area contributed by atoms with E-state index in [2.05, 4.69) is 0 Å². The lowest BCUT2D eigenvalue weighted by Gasteiger charge is -2.37. The second-order valence-corrected chi connectivity index (χ2v) is 5.92. The molecule has 1 aliphatic heterocycles. The fourth-order valence-electron chi connectivity index (χ4n) is 2.64. The van der Waals surface area contributed by atoms with Crippen molar-refractivity contribution in [2.24, 2.45) is 5.73 Å². The van der Waals surface area contributed by atoms with E-state index in [1.54, 1.807) is 17.0 Å². The van der Waals surface area contributed by atoms with E-state index in [9.17, 15) is 9.59 Å². The highest BCUT2D eigenvalue weighted by Gasteiger charge is 2.29. The average molecular weight is 352 g/mol. The molecule has 8 nitrogen and oxygen atoms in total. The summed E-state index contributed by atoms with van der Waals surface area (Å²) in [7, 11) is 2.89. The lowest BCUT2D eigenvalue weighted by molar-refractivity contribution is -0.120. The van der Waals surface area contributed by atoms with Crippen LogP contribution in [-0.4, -0.2) is 62.8 Å². The molecular weight excluding hydrogens is 328 g/mol. The fraction of sp³-hybridized carbons (Fsp3) is 0.529. The second kappa shape index (κ2) is 8.06. The minimum atomic E-state index is -0.625. The Morgan fingerprint density at radius 2 is 1.84 bits per heavy atom. The van der Waals surface area contributed by atoms with Crippen molar-refractivity contribution in [1.82, 2.24) is 4.90 Å². The van der Waals surface area contributed by atoms with Crippen LogP contribution in [0.25, 0.3) is 0 Å². The topological polar surface area (TPSA) is 100 Å².